The Morgan fingerprint density at radius 2 is 1.69 bits per heavy atom. The molecule has 0 aliphatic carbocycles. The van der Waals surface area contributed by atoms with Crippen molar-refractivity contribution in [1.29, 1.82) is 0 Å². The number of amides is 3. The summed E-state index contributed by atoms with van der Waals surface area (Å²) in [6, 6.07) is 9.41. The highest BCUT2D eigenvalue weighted by Gasteiger charge is 2.30. The third kappa shape index (κ3) is 4.88. The van der Waals surface area contributed by atoms with Gasteiger partial charge in [-0.3, -0.25) is 9.59 Å². The average molecular weight is 497 g/mol. The largest absolute Gasteiger partial charge is 0.451 e. The molecule has 184 valence electrons. The Labute approximate surface area is 207 Å². The van der Waals surface area contributed by atoms with Gasteiger partial charge in [-0.15, -0.1) is 11.3 Å². The standard InChI is InChI=1S/C25H28N4O5S/c1-2-33-25(32)29-13-11-28(12-14-29)23(30)19-16-35-22(26-19)17-7-9-27(10-8-17)24(31)21-15-18-5-3-4-6-20(18)34-21/h3-6,15-17H,2,7-14H2,1H3. The van der Waals surface area contributed by atoms with Gasteiger partial charge in [0, 0.05) is 56.0 Å². The third-order valence-corrected chi connectivity index (χ3v) is 7.61. The molecule has 0 radical (unpaired) electrons. The second-order valence-electron chi connectivity index (χ2n) is 8.76. The molecule has 4 heterocycles. The van der Waals surface area contributed by atoms with Crippen LogP contribution in [-0.4, -0.2) is 83.5 Å². The van der Waals surface area contributed by atoms with E-state index < -0.39 is 0 Å². The van der Waals surface area contributed by atoms with Crippen molar-refractivity contribution in [3.05, 3.63) is 52.2 Å². The van der Waals surface area contributed by atoms with E-state index in [0.717, 1.165) is 23.2 Å². The Morgan fingerprint density at radius 3 is 2.40 bits per heavy atom. The van der Waals surface area contributed by atoms with Crippen LogP contribution in [0, 0.1) is 0 Å². The minimum atomic E-state index is -0.333. The number of ether oxygens (including phenoxy) is 1. The van der Waals surface area contributed by atoms with E-state index in [9.17, 15) is 14.4 Å². The number of benzene rings is 1. The van der Waals surface area contributed by atoms with Crippen molar-refractivity contribution in [3.8, 4) is 0 Å². The summed E-state index contributed by atoms with van der Waals surface area (Å²) in [5.41, 5.74) is 1.17. The van der Waals surface area contributed by atoms with E-state index in [1.165, 1.54) is 11.3 Å². The van der Waals surface area contributed by atoms with Crippen LogP contribution in [0.2, 0.25) is 0 Å². The monoisotopic (exact) mass is 496 g/mol. The number of thiazole rings is 1. The van der Waals surface area contributed by atoms with Crippen LogP contribution in [0.5, 0.6) is 0 Å². The summed E-state index contributed by atoms with van der Waals surface area (Å²) in [7, 11) is 0. The smallest absolute Gasteiger partial charge is 0.409 e. The highest BCUT2D eigenvalue weighted by Crippen LogP contribution is 2.31. The molecule has 5 rings (SSSR count). The summed E-state index contributed by atoms with van der Waals surface area (Å²) in [5, 5.41) is 3.68. The molecule has 2 aliphatic heterocycles. The van der Waals surface area contributed by atoms with Gasteiger partial charge in [-0.1, -0.05) is 18.2 Å². The predicted octanol–water partition coefficient (Wildman–Crippen LogP) is 3.82. The lowest BCUT2D eigenvalue weighted by Crippen LogP contribution is -2.50. The van der Waals surface area contributed by atoms with Gasteiger partial charge < -0.3 is 23.9 Å². The van der Waals surface area contributed by atoms with Crippen molar-refractivity contribution in [2.45, 2.75) is 25.7 Å². The first kappa shape index (κ1) is 23.3. The van der Waals surface area contributed by atoms with Gasteiger partial charge in [0.15, 0.2) is 5.76 Å². The van der Waals surface area contributed by atoms with E-state index in [2.05, 4.69) is 4.98 Å². The fraction of sp³-hybridized carbons (Fsp3) is 0.440. The normalized spacial score (nSPS) is 17.1. The molecule has 3 aromatic rings. The molecule has 10 heteroatoms. The fourth-order valence-corrected chi connectivity index (χ4v) is 5.58. The van der Waals surface area contributed by atoms with E-state index in [4.69, 9.17) is 9.15 Å². The Bertz CT molecular complexity index is 1190. The lowest BCUT2D eigenvalue weighted by Gasteiger charge is -2.33. The Kier molecular flexibility index (Phi) is 6.72. The molecule has 2 fully saturated rings. The Hall–Kier alpha value is -3.40. The van der Waals surface area contributed by atoms with Crippen LogP contribution in [-0.2, 0) is 4.74 Å². The molecule has 2 aliphatic rings. The number of para-hydroxylation sites is 1. The van der Waals surface area contributed by atoms with E-state index >= 15 is 0 Å². The summed E-state index contributed by atoms with van der Waals surface area (Å²) in [6.45, 7) is 5.21. The molecule has 2 saturated heterocycles. The molecule has 0 unspecified atom stereocenters. The average Bonchev–Trinajstić information content (AvgIpc) is 3.56. The molecule has 0 saturated carbocycles. The predicted molar refractivity (Wildman–Crippen MR) is 131 cm³/mol. The zero-order valence-electron chi connectivity index (χ0n) is 19.6. The minimum absolute atomic E-state index is 0.0865. The molecule has 0 bridgehead atoms. The number of hydrogen-bond acceptors (Lipinski definition) is 7. The summed E-state index contributed by atoms with van der Waals surface area (Å²) < 4.78 is 10.8. The van der Waals surface area contributed by atoms with Crippen LogP contribution in [0.3, 0.4) is 0 Å². The van der Waals surface area contributed by atoms with Crippen LogP contribution >= 0.6 is 11.3 Å². The van der Waals surface area contributed by atoms with E-state index in [1.807, 2.05) is 34.5 Å². The highest BCUT2D eigenvalue weighted by atomic mass is 32.1. The van der Waals surface area contributed by atoms with Crippen molar-refractivity contribution in [1.82, 2.24) is 19.7 Å². The summed E-state index contributed by atoms with van der Waals surface area (Å²) >= 11 is 1.50. The molecule has 3 amide bonds. The molecular formula is C25H28N4O5S. The first-order chi connectivity index (χ1) is 17.0. The minimum Gasteiger partial charge on any atom is -0.451 e. The van der Waals surface area contributed by atoms with Gasteiger partial charge in [0.05, 0.1) is 11.6 Å². The van der Waals surface area contributed by atoms with Crippen molar-refractivity contribution in [3.63, 3.8) is 0 Å². The van der Waals surface area contributed by atoms with E-state index in [0.29, 0.717) is 62.9 Å². The van der Waals surface area contributed by atoms with Gasteiger partial charge in [-0.25, -0.2) is 9.78 Å². The number of piperidine rings is 1. The number of hydrogen-bond donors (Lipinski definition) is 0. The fourth-order valence-electron chi connectivity index (χ4n) is 4.61. The maximum atomic E-state index is 12.9. The lowest BCUT2D eigenvalue weighted by molar-refractivity contribution is 0.0566. The van der Waals surface area contributed by atoms with Gasteiger partial charge in [0.25, 0.3) is 11.8 Å². The maximum Gasteiger partial charge on any atom is 0.409 e. The Morgan fingerprint density at radius 1 is 1.00 bits per heavy atom. The summed E-state index contributed by atoms with van der Waals surface area (Å²) in [4.78, 5) is 47.6. The third-order valence-electron chi connectivity index (χ3n) is 6.60. The first-order valence-corrected chi connectivity index (χ1v) is 12.9. The lowest BCUT2D eigenvalue weighted by atomic mass is 9.97. The van der Waals surface area contributed by atoms with Gasteiger partial charge in [0.1, 0.15) is 11.3 Å². The zero-order valence-corrected chi connectivity index (χ0v) is 20.5. The maximum absolute atomic E-state index is 12.9. The number of nitrogens with zero attached hydrogens (tertiary/aromatic N) is 4. The Balaban J connectivity index is 1.15. The molecule has 35 heavy (non-hydrogen) atoms. The van der Waals surface area contributed by atoms with Crippen LogP contribution < -0.4 is 0 Å². The topological polar surface area (TPSA) is 96.2 Å². The second-order valence-corrected chi connectivity index (χ2v) is 9.65. The number of carbonyl (C=O) groups is 3. The number of likely N-dealkylation sites (tertiary alicyclic amines) is 1. The van der Waals surface area contributed by atoms with Gasteiger partial charge in [0.2, 0.25) is 0 Å². The van der Waals surface area contributed by atoms with Crippen molar-refractivity contribution in [2.24, 2.45) is 0 Å². The van der Waals surface area contributed by atoms with Crippen LogP contribution in [0.1, 0.15) is 51.7 Å². The van der Waals surface area contributed by atoms with Crippen molar-refractivity contribution in [2.75, 3.05) is 45.9 Å². The van der Waals surface area contributed by atoms with Gasteiger partial charge in [-0.05, 0) is 31.9 Å². The molecule has 9 nitrogen and oxygen atoms in total. The number of fused-ring (bicyclic) bond motifs is 1. The quantitative estimate of drug-likeness (QED) is 0.545. The second kappa shape index (κ2) is 10.1. The summed E-state index contributed by atoms with van der Waals surface area (Å²) in [6.07, 6.45) is 1.26. The molecular weight excluding hydrogens is 468 g/mol. The summed E-state index contributed by atoms with van der Waals surface area (Å²) in [5.74, 6) is 0.405. The van der Waals surface area contributed by atoms with Crippen LogP contribution in [0.15, 0.2) is 40.1 Å². The molecule has 0 atom stereocenters. The molecule has 2 aromatic heterocycles. The van der Waals surface area contributed by atoms with Gasteiger partial charge >= 0.3 is 6.09 Å². The number of piperazine rings is 1. The van der Waals surface area contributed by atoms with Crippen molar-refractivity contribution >= 4 is 40.2 Å². The highest BCUT2D eigenvalue weighted by molar-refractivity contribution is 7.09. The van der Waals surface area contributed by atoms with Crippen LogP contribution in [0.25, 0.3) is 11.0 Å². The van der Waals surface area contributed by atoms with E-state index in [-0.39, 0.29) is 23.8 Å². The zero-order chi connectivity index (χ0) is 24.4. The van der Waals surface area contributed by atoms with Crippen molar-refractivity contribution < 1.29 is 23.5 Å². The number of rotatable bonds is 4. The molecule has 1 aromatic carbocycles. The first-order valence-electron chi connectivity index (χ1n) is 12.0. The molecule has 0 spiro atoms. The molecule has 0 N–H and O–H groups in total. The number of carbonyl (C=O) groups excluding carboxylic acids is 3. The number of furan rings is 1. The van der Waals surface area contributed by atoms with E-state index in [1.54, 1.807) is 22.8 Å². The van der Waals surface area contributed by atoms with Crippen LogP contribution in [0.4, 0.5) is 4.79 Å². The SMILES string of the molecule is CCOC(=O)N1CCN(C(=O)c2csc(C3CCN(C(=O)c4cc5ccccc5o4)CC3)n2)CC1. The number of aromatic nitrogens is 1. The van der Waals surface area contributed by atoms with Gasteiger partial charge in [-0.2, -0.15) is 0 Å².